The molecule has 6 nitrogen and oxygen atoms in total. The van der Waals surface area contributed by atoms with E-state index in [-0.39, 0.29) is 18.3 Å². The molecule has 7 heteroatoms. The molecule has 0 aliphatic carbocycles. The first-order chi connectivity index (χ1) is 12.6. The molecule has 2 aromatic rings. The fourth-order valence-corrected chi connectivity index (χ4v) is 2.43. The van der Waals surface area contributed by atoms with Crippen molar-refractivity contribution < 1.29 is 19.0 Å². The zero-order valence-electron chi connectivity index (χ0n) is 15.6. The summed E-state index contributed by atoms with van der Waals surface area (Å²) in [5.74, 6) is 1.84. The van der Waals surface area contributed by atoms with Gasteiger partial charge in [-0.25, -0.2) is 0 Å². The van der Waals surface area contributed by atoms with Gasteiger partial charge in [0.25, 0.3) is 0 Å². The Labute approximate surface area is 166 Å². The van der Waals surface area contributed by atoms with Gasteiger partial charge in [-0.05, 0) is 18.4 Å². The highest BCUT2D eigenvalue weighted by atomic mass is 35.5. The fourth-order valence-electron chi connectivity index (χ4n) is 2.43. The van der Waals surface area contributed by atoms with Crippen LogP contribution in [0.15, 0.2) is 48.5 Å². The molecule has 1 atom stereocenters. The third-order valence-corrected chi connectivity index (χ3v) is 3.85. The summed E-state index contributed by atoms with van der Waals surface area (Å²) in [7, 11) is 3.18. The summed E-state index contributed by atoms with van der Waals surface area (Å²) in [5, 5.41) is 2.84. The summed E-state index contributed by atoms with van der Waals surface area (Å²) in [6.07, 6.45) is 1.19. The standard InChI is InChI=1S/C20H26N2O4.ClH/c1-24-16-12-17(25-2)14-18(13-16)26-10-6-9-22-20(23)19(21)11-15-7-4-3-5-8-15;/h3-5,7-8,12-14,19H,6,9-11,21H2,1-2H3,(H,22,23);1H/t19-;/m0./s1. The number of halogens is 1. The Morgan fingerprint density at radius 2 is 1.63 bits per heavy atom. The molecule has 0 aliphatic rings. The summed E-state index contributed by atoms with van der Waals surface area (Å²) in [4.78, 5) is 12.0. The van der Waals surface area contributed by atoms with Crippen molar-refractivity contribution in [2.24, 2.45) is 5.73 Å². The van der Waals surface area contributed by atoms with Crippen LogP contribution < -0.4 is 25.3 Å². The Hall–Kier alpha value is -2.44. The Balaban J connectivity index is 0.00000364. The minimum absolute atomic E-state index is 0. The van der Waals surface area contributed by atoms with Gasteiger partial charge in [0, 0.05) is 24.7 Å². The van der Waals surface area contributed by atoms with Gasteiger partial charge in [-0.15, -0.1) is 12.4 Å². The van der Waals surface area contributed by atoms with Crippen LogP contribution in [0.1, 0.15) is 12.0 Å². The number of hydrogen-bond acceptors (Lipinski definition) is 5. The number of amides is 1. The number of rotatable bonds is 10. The van der Waals surface area contributed by atoms with E-state index in [4.69, 9.17) is 19.9 Å². The van der Waals surface area contributed by atoms with Crippen LogP contribution in [0.5, 0.6) is 17.2 Å². The van der Waals surface area contributed by atoms with Crippen LogP contribution in [0.4, 0.5) is 0 Å². The summed E-state index contributed by atoms with van der Waals surface area (Å²) in [5.41, 5.74) is 6.99. The first-order valence-electron chi connectivity index (χ1n) is 8.55. The second-order valence-corrected chi connectivity index (χ2v) is 5.84. The highest BCUT2D eigenvalue weighted by Gasteiger charge is 2.13. The lowest BCUT2D eigenvalue weighted by Crippen LogP contribution is -2.42. The second kappa shape index (κ2) is 12.0. The molecule has 3 N–H and O–H groups in total. The van der Waals surface area contributed by atoms with Gasteiger partial charge in [0.15, 0.2) is 0 Å². The number of carbonyl (C=O) groups is 1. The lowest BCUT2D eigenvalue weighted by Gasteiger charge is -2.13. The number of benzene rings is 2. The summed E-state index contributed by atoms with van der Waals surface area (Å²) in [6.45, 7) is 0.965. The first kappa shape index (κ1) is 22.6. The molecule has 148 valence electrons. The highest BCUT2D eigenvalue weighted by molar-refractivity contribution is 5.85. The molecule has 0 spiro atoms. The smallest absolute Gasteiger partial charge is 0.237 e. The SMILES string of the molecule is COc1cc(OC)cc(OCCCNC(=O)[C@@H](N)Cc2ccccc2)c1.Cl. The van der Waals surface area contributed by atoms with Crippen molar-refractivity contribution in [2.75, 3.05) is 27.4 Å². The Bertz CT molecular complexity index is 675. The third-order valence-electron chi connectivity index (χ3n) is 3.85. The van der Waals surface area contributed by atoms with E-state index in [9.17, 15) is 4.79 Å². The maximum absolute atomic E-state index is 12.0. The normalized spacial score (nSPS) is 11.1. The lowest BCUT2D eigenvalue weighted by atomic mass is 10.1. The van der Waals surface area contributed by atoms with Gasteiger partial charge in [0.2, 0.25) is 5.91 Å². The van der Waals surface area contributed by atoms with E-state index in [1.54, 1.807) is 32.4 Å². The summed E-state index contributed by atoms with van der Waals surface area (Å²) < 4.78 is 16.1. The van der Waals surface area contributed by atoms with Gasteiger partial charge in [0.05, 0.1) is 26.9 Å². The predicted molar refractivity (Wildman–Crippen MR) is 108 cm³/mol. The molecule has 0 fully saturated rings. The molecule has 0 heterocycles. The molecular weight excluding hydrogens is 368 g/mol. The molecule has 2 aromatic carbocycles. The Kier molecular flexibility index (Phi) is 10.1. The van der Waals surface area contributed by atoms with E-state index >= 15 is 0 Å². The molecule has 0 saturated heterocycles. The maximum Gasteiger partial charge on any atom is 0.237 e. The number of carbonyl (C=O) groups excluding carboxylic acids is 1. The van der Waals surface area contributed by atoms with Gasteiger partial charge in [-0.3, -0.25) is 4.79 Å². The third kappa shape index (κ3) is 7.76. The summed E-state index contributed by atoms with van der Waals surface area (Å²) in [6, 6.07) is 14.5. The van der Waals surface area contributed by atoms with Crippen molar-refractivity contribution >= 4 is 18.3 Å². The number of methoxy groups -OCH3 is 2. The van der Waals surface area contributed by atoms with Crippen molar-refractivity contribution in [1.29, 1.82) is 0 Å². The van der Waals surface area contributed by atoms with Crippen molar-refractivity contribution in [1.82, 2.24) is 5.32 Å². The molecule has 0 bridgehead atoms. The van der Waals surface area contributed by atoms with E-state index in [0.717, 1.165) is 5.56 Å². The molecule has 27 heavy (non-hydrogen) atoms. The largest absolute Gasteiger partial charge is 0.496 e. The van der Waals surface area contributed by atoms with Gasteiger partial charge >= 0.3 is 0 Å². The van der Waals surface area contributed by atoms with Crippen LogP contribution in [-0.2, 0) is 11.2 Å². The van der Waals surface area contributed by atoms with E-state index in [1.807, 2.05) is 30.3 Å². The Morgan fingerprint density at radius 3 is 2.22 bits per heavy atom. The van der Waals surface area contributed by atoms with E-state index in [1.165, 1.54) is 0 Å². The number of hydrogen-bond donors (Lipinski definition) is 2. The minimum Gasteiger partial charge on any atom is -0.496 e. The number of ether oxygens (including phenoxy) is 3. The molecule has 0 radical (unpaired) electrons. The topological polar surface area (TPSA) is 82.8 Å². The molecule has 1 amide bonds. The van der Waals surface area contributed by atoms with Crippen molar-refractivity contribution in [3.05, 3.63) is 54.1 Å². The fraction of sp³-hybridized carbons (Fsp3) is 0.350. The highest BCUT2D eigenvalue weighted by Crippen LogP contribution is 2.27. The van der Waals surface area contributed by atoms with Crippen molar-refractivity contribution in [3.8, 4) is 17.2 Å². The number of nitrogens with one attached hydrogen (secondary N) is 1. The van der Waals surface area contributed by atoms with Crippen molar-refractivity contribution in [2.45, 2.75) is 18.9 Å². The number of nitrogens with two attached hydrogens (primary N) is 1. The molecular formula is C20H27ClN2O4. The van der Waals surface area contributed by atoms with Gasteiger partial charge in [-0.2, -0.15) is 0 Å². The van der Waals surface area contributed by atoms with E-state index in [0.29, 0.717) is 43.2 Å². The minimum atomic E-state index is -0.555. The monoisotopic (exact) mass is 394 g/mol. The average Bonchev–Trinajstić information content (AvgIpc) is 2.67. The Morgan fingerprint density at radius 1 is 1.04 bits per heavy atom. The van der Waals surface area contributed by atoms with Crippen LogP contribution in [0.3, 0.4) is 0 Å². The molecule has 0 aliphatic heterocycles. The molecule has 0 saturated carbocycles. The average molecular weight is 395 g/mol. The van der Waals surface area contributed by atoms with E-state index < -0.39 is 6.04 Å². The maximum atomic E-state index is 12.0. The second-order valence-electron chi connectivity index (χ2n) is 5.84. The van der Waals surface area contributed by atoms with Crippen LogP contribution in [0, 0.1) is 0 Å². The van der Waals surface area contributed by atoms with Crippen LogP contribution in [-0.4, -0.2) is 39.3 Å². The van der Waals surface area contributed by atoms with Gasteiger partial charge < -0.3 is 25.3 Å². The predicted octanol–water partition coefficient (Wildman–Crippen LogP) is 2.58. The van der Waals surface area contributed by atoms with Crippen LogP contribution in [0.2, 0.25) is 0 Å². The zero-order chi connectivity index (χ0) is 18.8. The van der Waals surface area contributed by atoms with Crippen LogP contribution in [0.25, 0.3) is 0 Å². The van der Waals surface area contributed by atoms with Crippen LogP contribution >= 0.6 is 12.4 Å². The molecule has 0 aromatic heterocycles. The van der Waals surface area contributed by atoms with Gasteiger partial charge in [-0.1, -0.05) is 30.3 Å². The van der Waals surface area contributed by atoms with E-state index in [2.05, 4.69) is 5.32 Å². The summed E-state index contributed by atoms with van der Waals surface area (Å²) >= 11 is 0. The van der Waals surface area contributed by atoms with Crippen molar-refractivity contribution in [3.63, 3.8) is 0 Å². The van der Waals surface area contributed by atoms with Gasteiger partial charge in [0.1, 0.15) is 17.2 Å². The first-order valence-corrected chi connectivity index (χ1v) is 8.55. The lowest BCUT2D eigenvalue weighted by molar-refractivity contribution is -0.122. The zero-order valence-corrected chi connectivity index (χ0v) is 16.5. The molecule has 2 rings (SSSR count). The molecule has 0 unspecified atom stereocenters. The quantitative estimate of drug-likeness (QED) is 0.605.